The first kappa shape index (κ1) is 6.09. The van der Waals surface area contributed by atoms with Crippen molar-refractivity contribution in [3.63, 3.8) is 0 Å². The number of rotatable bonds is 1. The van der Waals surface area contributed by atoms with Gasteiger partial charge in [-0.15, -0.1) is 0 Å². The van der Waals surface area contributed by atoms with Crippen LogP contribution in [0.2, 0.25) is 0 Å². The van der Waals surface area contributed by atoms with E-state index in [1.54, 1.807) is 0 Å². The molecule has 0 aromatic rings. The lowest BCUT2D eigenvalue weighted by Gasteiger charge is -1.48. The Bertz CT molecular complexity index is 79.6. The topological polar surface area (TPSA) is 37.3 Å². The van der Waals surface area contributed by atoms with E-state index < -0.39 is 8.03 Å². The molecule has 34 valence electrons. The van der Waals surface area contributed by atoms with Crippen molar-refractivity contribution in [3.05, 3.63) is 11.4 Å². The van der Waals surface area contributed by atoms with Gasteiger partial charge in [-0.2, -0.15) is 4.89 Å². The zero-order valence-electron chi connectivity index (χ0n) is 2.84. The van der Waals surface area contributed by atoms with Crippen LogP contribution in [0.3, 0.4) is 0 Å². The maximum atomic E-state index is 9.58. The van der Waals surface area contributed by atoms with Crippen molar-refractivity contribution in [2.75, 3.05) is 0 Å². The summed E-state index contributed by atoms with van der Waals surface area (Å²) in [7, 11) is -2.16. The molecule has 0 saturated carbocycles. The summed E-state index contributed by atoms with van der Waals surface area (Å²) in [4.78, 5) is 7.89. The molecule has 0 amide bonds. The molecule has 1 N–H and O–H groups in total. The van der Waals surface area contributed by atoms with Crippen LogP contribution in [0.15, 0.2) is 11.4 Å². The summed E-state index contributed by atoms with van der Waals surface area (Å²) in [5.41, 5.74) is 1.01. The van der Waals surface area contributed by atoms with Crippen molar-refractivity contribution in [2.24, 2.45) is 0 Å². The summed E-state index contributed by atoms with van der Waals surface area (Å²) in [6.07, 6.45) is 0. The molecular formula is C2H3ClO2P+. The van der Waals surface area contributed by atoms with Crippen LogP contribution < -0.4 is 0 Å². The number of halogens is 1. The minimum Gasteiger partial charge on any atom is -0.157 e. The van der Waals surface area contributed by atoms with Crippen LogP contribution in [0.5, 0.6) is 0 Å². The van der Waals surface area contributed by atoms with E-state index >= 15 is 0 Å². The van der Waals surface area contributed by atoms with Crippen LogP contribution in [0, 0.1) is 0 Å². The van der Waals surface area contributed by atoms with E-state index in [4.69, 9.17) is 16.5 Å². The minimum atomic E-state index is -2.16. The zero-order valence-corrected chi connectivity index (χ0v) is 4.49. The predicted octanol–water partition coefficient (Wildman–Crippen LogP) is 1.43. The van der Waals surface area contributed by atoms with Gasteiger partial charge in [0.25, 0.3) is 0 Å². The first-order valence-corrected chi connectivity index (χ1v) is 2.91. The molecule has 2 nitrogen and oxygen atoms in total. The van der Waals surface area contributed by atoms with Gasteiger partial charge in [-0.05, 0) is 4.57 Å². The van der Waals surface area contributed by atoms with Crippen LogP contribution in [0.1, 0.15) is 0 Å². The fourth-order valence-corrected chi connectivity index (χ4v) is 0.434. The lowest BCUT2D eigenvalue weighted by molar-refractivity contribution is 0.512. The normalized spacial score (nSPS) is 12.7. The highest BCUT2D eigenvalue weighted by Gasteiger charge is 1.97. The van der Waals surface area contributed by atoms with Crippen molar-refractivity contribution in [1.82, 2.24) is 0 Å². The summed E-state index contributed by atoms with van der Waals surface area (Å²) >= 11 is 4.87. The zero-order chi connectivity index (χ0) is 4.99. The Hall–Kier alpha value is 0.0900. The highest BCUT2D eigenvalue weighted by molar-refractivity contribution is 7.41. The Morgan fingerprint density at radius 2 is 2.33 bits per heavy atom. The highest BCUT2D eigenvalue weighted by Crippen LogP contribution is 2.13. The molecule has 0 aliphatic carbocycles. The van der Waals surface area contributed by atoms with Crippen molar-refractivity contribution >= 4 is 19.6 Å². The lowest BCUT2D eigenvalue weighted by Crippen LogP contribution is -1.38. The maximum absolute atomic E-state index is 9.58. The Kier molecular flexibility index (Phi) is 3.34. The largest absolute Gasteiger partial charge is 0.539 e. The van der Waals surface area contributed by atoms with Gasteiger partial charge in [0.2, 0.25) is 0 Å². The van der Waals surface area contributed by atoms with Gasteiger partial charge < -0.3 is 0 Å². The molecular weight excluding hydrogens is 122 g/mol. The van der Waals surface area contributed by atoms with Crippen LogP contribution in [0.25, 0.3) is 0 Å². The van der Waals surface area contributed by atoms with E-state index in [2.05, 4.69) is 0 Å². The van der Waals surface area contributed by atoms with E-state index in [-0.39, 0.29) is 0 Å². The first-order valence-electron chi connectivity index (χ1n) is 1.19. The van der Waals surface area contributed by atoms with Gasteiger partial charge in [0.15, 0.2) is 5.82 Å². The smallest absolute Gasteiger partial charge is 0.157 e. The summed E-state index contributed by atoms with van der Waals surface area (Å²) < 4.78 is 9.58. The van der Waals surface area contributed by atoms with Crippen LogP contribution in [-0.2, 0) is 4.57 Å². The molecule has 0 spiro atoms. The summed E-state index contributed by atoms with van der Waals surface area (Å²) in [5.74, 6) is 0.997. The fraction of sp³-hybridized carbons (Fsp3) is 0. The highest BCUT2D eigenvalue weighted by atomic mass is 35.5. The third-order valence-electron chi connectivity index (χ3n) is 0.184. The maximum Gasteiger partial charge on any atom is 0.539 e. The molecule has 0 aliphatic rings. The SMILES string of the molecule is O=[P+](O)C=CCl. The molecule has 0 bridgehead atoms. The van der Waals surface area contributed by atoms with E-state index in [0.717, 1.165) is 11.4 Å². The van der Waals surface area contributed by atoms with Gasteiger partial charge in [-0.3, -0.25) is 0 Å². The van der Waals surface area contributed by atoms with Gasteiger partial charge in [-0.25, -0.2) is 0 Å². The van der Waals surface area contributed by atoms with E-state index in [1.807, 2.05) is 0 Å². The molecule has 6 heavy (non-hydrogen) atoms. The Labute approximate surface area is 41.3 Å². The molecule has 0 aliphatic heterocycles. The predicted molar refractivity (Wildman–Crippen MR) is 24.8 cm³/mol. The van der Waals surface area contributed by atoms with Crippen LogP contribution in [0.4, 0.5) is 0 Å². The third kappa shape index (κ3) is 4.09. The van der Waals surface area contributed by atoms with E-state index in [9.17, 15) is 4.57 Å². The second kappa shape index (κ2) is 3.29. The van der Waals surface area contributed by atoms with Crippen LogP contribution >= 0.6 is 19.6 Å². The quantitative estimate of drug-likeness (QED) is 0.539. The van der Waals surface area contributed by atoms with E-state index in [1.165, 1.54) is 0 Å². The summed E-state index contributed by atoms with van der Waals surface area (Å²) in [5, 5.41) is 0. The second-order valence-electron chi connectivity index (χ2n) is 0.578. The molecule has 0 saturated heterocycles. The van der Waals surface area contributed by atoms with Gasteiger partial charge in [0.05, 0.1) is 5.54 Å². The lowest BCUT2D eigenvalue weighted by atomic mass is 11.3. The number of hydrogen-bond donors (Lipinski definition) is 1. The average molecular weight is 125 g/mol. The Balaban J connectivity index is 3.30. The van der Waals surface area contributed by atoms with Gasteiger partial charge in [0.1, 0.15) is 0 Å². The fourth-order valence-electron chi connectivity index (χ4n) is 0.0482. The summed E-state index contributed by atoms with van der Waals surface area (Å²) in [6, 6.07) is 0. The Morgan fingerprint density at radius 3 is 2.33 bits per heavy atom. The molecule has 1 atom stereocenters. The Morgan fingerprint density at radius 1 is 1.83 bits per heavy atom. The molecule has 0 radical (unpaired) electrons. The second-order valence-corrected chi connectivity index (χ2v) is 1.73. The molecule has 0 aromatic heterocycles. The molecule has 4 heteroatoms. The van der Waals surface area contributed by atoms with Crippen molar-refractivity contribution in [1.29, 1.82) is 0 Å². The molecule has 0 rings (SSSR count). The average Bonchev–Trinajstić information content (AvgIpc) is 1.35. The monoisotopic (exact) mass is 125 g/mol. The van der Waals surface area contributed by atoms with E-state index in [0.29, 0.717) is 0 Å². The standard InChI is InChI=1S/C2H2ClO2P/c3-1-2-6(4)5/h1-2H/p+1. The summed E-state index contributed by atoms with van der Waals surface area (Å²) in [6.45, 7) is 0. The molecule has 0 fully saturated rings. The van der Waals surface area contributed by atoms with Crippen molar-refractivity contribution in [3.8, 4) is 0 Å². The minimum absolute atomic E-state index is 0.997. The molecule has 0 heterocycles. The third-order valence-corrected chi connectivity index (χ3v) is 0.890. The van der Waals surface area contributed by atoms with Crippen LogP contribution in [-0.4, -0.2) is 4.89 Å². The van der Waals surface area contributed by atoms with Gasteiger partial charge in [-0.1, -0.05) is 11.6 Å². The number of hydrogen-bond acceptors (Lipinski definition) is 1. The molecule has 0 aromatic carbocycles. The molecule has 1 unspecified atom stereocenters. The van der Waals surface area contributed by atoms with Gasteiger partial charge in [0, 0.05) is 0 Å². The van der Waals surface area contributed by atoms with Gasteiger partial charge >= 0.3 is 8.03 Å². The first-order chi connectivity index (χ1) is 2.77. The van der Waals surface area contributed by atoms with Crippen molar-refractivity contribution in [2.45, 2.75) is 0 Å². The van der Waals surface area contributed by atoms with Crippen molar-refractivity contribution < 1.29 is 9.46 Å².